The van der Waals surface area contributed by atoms with Crippen LogP contribution in [0.15, 0.2) is 29.4 Å². The molecule has 2 aliphatic heterocycles. The number of ether oxygens (including phenoxy) is 1. The van der Waals surface area contributed by atoms with Crippen LogP contribution in [0.1, 0.15) is 18.4 Å². The summed E-state index contributed by atoms with van der Waals surface area (Å²) in [5.74, 6) is -0.395. The first-order valence-electron chi connectivity index (χ1n) is 5.78. The van der Waals surface area contributed by atoms with Gasteiger partial charge < -0.3 is 9.57 Å². The Morgan fingerprint density at radius 1 is 1.32 bits per heavy atom. The molecule has 2 aliphatic rings. The Bertz CT molecular complexity index is 580. The van der Waals surface area contributed by atoms with Gasteiger partial charge in [0.25, 0.3) is 5.69 Å². The van der Waals surface area contributed by atoms with Gasteiger partial charge in [0.05, 0.1) is 17.2 Å². The molecule has 1 spiro atoms. The molecule has 1 aromatic rings. The molecular formula is C12H10N2O5. The summed E-state index contributed by atoms with van der Waals surface area (Å²) >= 11 is 0. The van der Waals surface area contributed by atoms with Crippen molar-refractivity contribution >= 4 is 17.4 Å². The van der Waals surface area contributed by atoms with Crippen molar-refractivity contribution in [3.05, 3.63) is 39.9 Å². The number of carbonyl (C=O) groups is 1. The van der Waals surface area contributed by atoms with Gasteiger partial charge in [0.1, 0.15) is 0 Å². The molecule has 0 aromatic heterocycles. The van der Waals surface area contributed by atoms with E-state index in [2.05, 4.69) is 5.16 Å². The Balaban J connectivity index is 1.81. The number of rotatable bonds is 2. The maximum atomic E-state index is 11.6. The zero-order valence-electron chi connectivity index (χ0n) is 9.87. The van der Waals surface area contributed by atoms with E-state index in [1.807, 2.05) is 0 Å². The highest BCUT2D eigenvalue weighted by atomic mass is 16.7. The average molecular weight is 262 g/mol. The van der Waals surface area contributed by atoms with Gasteiger partial charge in [-0.3, -0.25) is 10.1 Å². The molecule has 1 aromatic carbocycles. The number of carbonyl (C=O) groups excluding carboxylic acids is 1. The SMILES string of the molecule is O=C1OCCC12CC(c1ccc([N+](=O)[O-])cc1)=NO2. The molecule has 7 heteroatoms. The van der Waals surface area contributed by atoms with E-state index in [0.717, 1.165) is 0 Å². The van der Waals surface area contributed by atoms with Crippen molar-refractivity contribution in [1.29, 1.82) is 0 Å². The molecule has 0 bridgehead atoms. The van der Waals surface area contributed by atoms with Gasteiger partial charge >= 0.3 is 5.97 Å². The van der Waals surface area contributed by atoms with Crippen LogP contribution < -0.4 is 0 Å². The van der Waals surface area contributed by atoms with E-state index in [4.69, 9.17) is 9.57 Å². The van der Waals surface area contributed by atoms with Gasteiger partial charge in [0, 0.05) is 25.0 Å². The summed E-state index contributed by atoms with van der Waals surface area (Å²) in [5, 5.41) is 14.5. The number of hydrogen-bond acceptors (Lipinski definition) is 6. The Labute approximate surface area is 108 Å². The first kappa shape index (κ1) is 11.6. The molecule has 1 fully saturated rings. The zero-order chi connectivity index (χ0) is 13.5. The number of non-ortho nitro benzene ring substituents is 1. The lowest BCUT2D eigenvalue weighted by Crippen LogP contribution is -2.34. The van der Waals surface area contributed by atoms with Crippen LogP contribution in [0.2, 0.25) is 0 Å². The summed E-state index contributed by atoms with van der Waals surface area (Å²) in [7, 11) is 0. The summed E-state index contributed by atoms with van der Waals surface area (Å²) in [5.41, 5.74) is 0.339. The molecule has 1 unspecified atom stereocenters. The number of oxime groups is 1. The minimum Gasteiger partial charge on any atom is -0.462 e. The van der Waals surface area contributed by atoms with Crippen LogP contribution >= 0.6 is 0 Å². The first-order valence-corrected chi connectivity index (χ1v) is 5.78. The second-order valence-electron chi connectivity index (χ2n) is 4.49. The maximum Gasteiger partial charge on any atom is 0.353 e. The highest BCUT2D eigenvalue weighted by Gasteiger charge is 2.51. The van der Waals surface area contributed by atoms with Crippen LogP contribution in [0.25, 0.3) is 0 Å². The van der Waals surface area contributed by atoms with Gasteiger partial charge in [0.15, 0.2) is 0 Å². The quantitative estimate of drug-likeness (QED) is 0.456. The Hall–Kier alpha value is -2.44. The van der Waals surface area contributed by atoms with Crippen molar-refractivity contribution in [1.82, 2.24) is 0 Å². The lowest BCUT2D eigenvalue weighted by molar-refractivity contribution is -0.384. The number of hydrogen-bond donors (Lipinski definition) is 0. The molecule has 7 nitrogen and oxygen atoms in total. The number of esters is 1. The summed E-state index contributed by atoms with van der Waals surface area (Å²) in [6.45, 7) is 0.335. The van der Waals surface area contributed by atoms with Crippen molar-refractivity contribution in [2.24, 2.45) is 5.16 Å². The van der Waals surface area contributed by atoms with E-state index in [1.54, 1.807) is 12.1 Å². The van der Waals surface area contributed by atoms with Crippen LogP contribution in [0, 0.1) is 10.1 Å². The predicted molar refractivity (Wildman–Crippen MR) is 63.6 cm³/mol. The number of nitro benzene ring substituents is 1. The first-order chi connectivity index (χ1) is 9.11. The fourth-order valence-corrected chi connectivity index (χ4v) is 2.19. The smallest absolute Gasteiger partial charge is 0.353 e. The van der Waals surface area contributed by atoms with Gasteiger partial charge in [-0.15, -0.1) is 0 Å². The molecular weight excluding hydrogens is 252 g/mol. The number of cyclic esters (lactones) is 1. The van der Waals surface area contributed by atoms with E-state index >= 15 is 0 Å². The standard InChI is InChI=1S/C12H10N2O5/c15-11-12(5-6-18-11)7-10(13-19-12)8-1-3-9(4-2-8)14(16)17/h1-4H,5-7H2. The van der Waals surface area contributed by atoms with Crippen molar-refractivity contribution in [3.63, 3.8) is 0 Å². The summed E-state index contributed by atoms with van der Waals surface area (Å²) in [6.07, 6.45) is 0.815. The van der Waals surface area contributed by atoms with E-state index < -0.39 is 16.5 Å². The molecule has 2 heterocycles. The Morgan fingerprint density at radius 2 is 2.05 bits per heavy atom. The van der Waals surface area contributed by atoms with Gasteiger partial charge in [-0.05, 0) is 17.7 Å². The molecule has 0 saturated carbocycles. The third kappa shape index (κ3) is 1.83. The minimum absolute atomic E-state index is 0.0123. The number of benzene rings is 1. The minimum atomic E-state index is -0.989. The second-order valence-corrected chi connectivity index (χ2v) is 4.49. The zero-order valence-corrected chi connectivity index (χ0v) is 9.87. The lowest BCUT2D eigenvalue weighted by Gasteiger charge is -2.14. The molecule has 3 rings (SSSR count). The molecule has 1 saturated heterocycles. The Morgan fingerprint density at radius 3 is 2.63 bits per heavy atom. The molecule has 0 amide bonds. The molecule has 98 valence electrons. The molecule has 19 heavy (non-hydrogen) atoms. The highest BCUT2D eigenvalue weighted by molar-refractivity contribution is 6.05. The van der Waals surface area contributed by atoms with Crippen LogP contribution in [0.3, 0.4) is 0 Å². The van der Waals surface area contributed by atoms with Gasteiger partial charge in [-0.25, -0.2) is 4.79 Å². The normalized spacial score (nSPS) is 25.1. The average Bonchev–Trinajstić information content (AvgIpc) is 2.99. The fraction of sp³-hybridized carbons (Fsp3) is 0.333. The van der Waals surface area contributed by atoms with Crippen molar-refractivity contribution in [2.75, 3.05) is 6.61 Å². The van der Waals surface area contributed by atoms with Crippen LogP contribution in [-0.4, -0.2) is 28.8 Å². The monoisotopic (exact) mass is 262 g/mol. The molecule has 1 atom stereocenters. The third-order valence-electron chi connectivity index (χ3n) is 3.31. The van der Waals surface area contributed by atoms with Crippen LogP contribution in [0.5, 0.6) is 0 Å². The maximum absolute atomic E-state index is 11.6. The van der Waals surface area contributed by atoms with Gasteiger partial charge in [0.2, 0.25) is 5.60 Å². The van der Waals surface area contributed by atoms with Crippen molar-refractivity contribution < 1.29 is 19.3 Å². The van der Waals surface area contributed by atoms with Gasteiger partial charge in [-0.2, -0.15) is 0 Å². The van der Waals surface area contributed by atoms with E-state index in [1.165, 1.54) is 12.1 Å². The predicted octanol–water partition coefficient (Wildman–Crippen LogP) is 1.40. The summed E-state index contributed by atoms with van der Waals surface area (Å²) in [6, 6.07) is 5.99. The van der Waals surface area contributed by atoms with Crippen molar-refractivity contribution in [2.45, 2.75) is 18.4 Å². The summed E-state index contributed by atoms with van der Waals surface area (Å²) in [4.78, 5) is 27.0. The second kappa shape index (κ2) is 4.04. The number of nitro groups is 1. The molecule has 0 N–H and O–H groups in total. The fourth-order valence-electron chi connectivity index (χ4n) is 2.19. The third-order valence-corrected chi connectivity index (χ3v) is 3.31. The Kier molecular flexibility index (Phi) is 2.48. The van der Waals surface area contributed by atoms with Gasteiger partial charge in [-0.1, -0.05) is 5.16 Å². The topological polar surface area (TPSA) is 91.0 Å². The molecule has 0 aliphatic carbocycles. The number of nitrogens with zero attached hydrogens (tertiary/aromatic N) is 2. The van der Waals surface area contributed by atoms with E-state index in [0.29, 0.717) is 30.7 Å². The van der Waals surface area contributed by atoms with Crippen LogP contribution in [0.4, 0.5) is 5.69 Å². The largest absolute Gasteiger partial charge is 0.462 e. The van der Waals surface area contributed by atoms with Crippen LogP contribution in [-0.2, 0) is 14.4 Å². The van der Waals surface area contributed by atoms with Crippen molar-refractivity contribution in [3.8, 4) is 0 Å². The summed E-state index contributed by atoms with van der Waals surface area (Å²) < 4.78 is 4.90. The molecule has 0 radical (unpaired) electrons. The van der Waals surface area contributed by atoms with E-state index in [9.17, 15) is 14.9 Å². The highest BCUT2D eigenvalue weighted by Crippen LogP contribution is 2.35. The lowest BCUT2D eigenvalue weighted by atomic mass is 9.93. The van der Waals surface area contributed by atoms with E-state index in [-0.39, 0.29) is 5.69 Å².